The van der Waals surface area contributed by atoms with Gasteiger partial charge in [0.2, 0.25) is 0 Å². The number of hydrogen-bond donors (Lipinski definition) is 1. The zero-order valence-electron chi connectivity index (χ0n) is 20.5. The highest BCUT2D eigenvalue weighted by atomic mass is 32.1. The molecule has 0 bridgehead atoms. The Morgan fingerprint density at radius 3 is 2.62 bits per heavy atom. The molecule has 1 saturated heterocycles. The number of para-hydroxylation sites is 1. The fourth-order valence-electron chi connectivity index (χ4n) is 5.81. The van der Waals surface area contributed by atoms with E-state index >= 15 is 0 Å². The van der Waals surface area contributed by atoms with E-state index in [2.05, 4.69) is 4.90 Å². The molecule has 5 aliphatic rings. The SMILES string of the molecule is CC(C)(CC1(S)C2=C3C=C4C=CC(=O)C=C4OC3CCN2c2ccccc21)C(=O)ON1C(=O)CCC1=O. The molecule has 1 aliphatic carbocycles. The third kappa shape index (κ3) is 3.67. The molecule has 1 aromatic carbocycles. The van der Waals surface area contributed by atoms with Crippen molar-refractivity contribution in [1.82, 2.24) is 5.06 Å². The molecule has 1 fully saturated rings. The Morgan fingerprint density at radius 1 is 1.14 bits per heavy atom. The maximum atomic E-state index is 13.3. The molecule has 0 N–H and O–H groups in total. The van der Waals surface area contributed by atoms with Crippen LogP contribution in [0, 0.1) is 5.41 Å². The Kier molecular flexibility index (Phi) is 5.28. The fourth-order valence-corrected chi connectivity index (χ4v) is 6.64. The molecule has 0 radical (unpaired) electrons. The Bertz CT molecular complexity index is 1390. The molecule has 6 rings (SSSR count). The van der Waals surface area contributed by atoms with Gasteiger partial charge in [0, 0.05) is 54.4 Å². The number of amides is 2. The number of carbonyl (C=O) groups excluding carboxylic acids is 4. The van der Waals surface area contributed by atoms with Crippen molar-refractivity contribution in [2.24, 2.45) is 5.41 Å². The van der Waals surface area contributed by atoms with E-state index in [0.29, 0.717) is 17.4 Å². The average molecular weight is 519 g/mol. The van der Waals surface area contributed by atoms with Crippen LogP contribution in [0.3, 0.4) is 0 Å². The summed E-state index contributed by atoms with van der Waals surface area (Å²) in [6.45, 7) is 4.16. The molecule has 4 aliphatic heterocycles. The molecule has 2 amide bonds. The molecular weight excluding hydrogens is 492 g/mol. The summed E-state index contributed by atoms with van der Waals surface area (Å²) in [6.07, 6.45) is 7.62. The first-order valence-corrected chi connectivity index (χ1v) is 12.8. The molecule has 2 unspecified atom stereocenters. The van der Waals surface area contributed by atoms with Crippen molar-refractivity contribution in [1.29, 1.82) is 0 Å². The van der Waals surface area contributed by atoms with Crippen LogP contribution in [0.2, 0.25) is 0 Å². The van der Waals surface area contributed by atoms with E-state index in [0.717, 1.165) is 34.5 Å². The van der Waals surface area contributed by atoms with Gasteiger partial charge in [-0.2, -0.15) is 12.6 Å². The van der Waals surface area contributed by atoms with Crippen LogP contribution in [0.25, 0.3) is 0 Å². The predicted molar refractivity (Wildman–Crippen MR) is 137 cm³/mol. The summed E-state index contributed by atoms with van der Waals surface area (Å²) in [7, 11) is 0. The molecule has 0 spiro atoms. The van der Waals surface area contributed by atoms with E-state index in [-0.39, 0.29) is 31.1 Å². The summed E-state index contributed by atoms with van der Waals surface area (Å²) in [6, 6.07) is 7.98. The first kappa shape index (κ1) is 23.8. The molecule has 37 heavy (non-hydrogen) atoms. The average Bonchev–Trinajstić information content (AvgIpc) is 3.31. The van der Waals surface area contributed by atoms with Gasteiger partial charge in [0.15, 0.2) is 5.78 Å². The minimum atomic E-state index is -1.10. The minimum absolute atomic E-state index is 0.0359. The van der Waals surface area contributed by atoms with Crippen LogP contribution in [0.5, 0.6) is 0 Å². The fraction of sp³-hybridized carbons (Fsp3) is 0.357. The minimum Gasteiger partial charge on any atom is -0.485 e. The second-order valence-electron chi connectivity index (χ2n) is 10.6. The van der Waals surface area contributed by atoms with E-state index < -0.39 is 27.9 Å². The third-order valence-electron chi connectivity index (χ3n) is 7.53. The van der Waals surface area contributed by atoms with Crippen molar-refractivity contribution >= 4 is 41.9 Å². The number of ether oxygens (including phenoxy) is 1. The van der Waals surface area contributed by atoms with Gasteiger partial charge in [-0.15, -0.1) is 5.06 Å². The number of rotatable bonds is 4. The van der Waals surface area contributed by atoms with Gasteiger partial charge < -0.3 is 14.5 Å². The van der Waals surface area contributed by atoms with Crippen molar-refractivity contribution in [2.45, 2.75) is 50.4 Å². The lowest BCUT2D eigenvalue weighted by Gasteiger charge is -2.42. The molecule has 0 aromatic heterocycles. The number of anilines is 1. The van der Waals surface area contributed by atoms with E-state index in [1.54, 1.807) is 19.9 Å². The number of hydroxylamine groups is 2. The standard InChI is InChI=1S/C28H26N2O6S/c1-27(2,26(34)36-30-23(32)9-10-24(30)33)15-28(37)19-5-3-4-6-20(19)29-12-11-21-18(25(28)29)13-16-7-8-17(31)14-22(16)35-21/h3-8,13-14,21,37H,9-12,15H2,1-2H3. The largest absolute Gasteiger partial charge is 0.485 e. The third-order valence-corrected chi connectivity index (χ3v) is 8.14. The van der Waals surface area contributed by atoms with Gasteiger partial charge in [-0.3, -0.25) is 14.4 Å². The van der Waals surface area contributed by atoms with Gasteiger partial charge in [-0.05, 0) is 50.1 Å². The Balaban J connectivity index is 1.43. The highest BCUT2D eigenvalue weighted by molar-refractivity contribution is 7.81. The first-order valence-electron chi connectivity index (χ1n) is 12.3. The van der Waals surface area contributed by atoms with Gasteiger partial charge in [0.1, 0.15) is 11.9 Å². The van der Waals surface area contributed by atoms with Crippen LogP contribution in [0.1, 0.15) is 45.1 Å². The van der Waals surface area contributed by atoms with Crippen LogP contribution in [-0.4, -0.2) is 41.3 Å². The Labute approximate surface area is 219 Å². The number of hydrogen-bond acceptors (Lipinski definition) is 8. The van der Waals surface area contributed by atoms with Crippen molar-refractivity contribution < 1.29 is 28.8 Å². The number of fused-ring (bicyclic) bond motifs is 5. The molecule has 1 aromatic rings. The molecule has 8 nitrogen and oxygen atoms in total. The molecular formula is C28H26N2O6S. The number of imide groups is 1. The van der Waals surface area contributed by atoms with E-state index in [4.69, 9.17) is 22.2 Å². The van der Waals surface area contributed by atoms with E-state index in [1.807, 2.05) is 30.3 Å². The number of benzene rings is 1. The molecule has 0 saturated carbocycles. The lowest BCUT2D eigenvalue weighted by Crippen LogP contribution is -2.43. The summed E-state index contributed by atoms with van der Waals surface area (Å²) in [5, 5.41) is 0.590. The van der Waals surface area contributed by atoms with Gasteiger partial charge in [0.25, 0.3) is 11.8 Å². The van der Waals surface area contributed by atoms with Crippen LogP contribution < -0.4 is 4.90 Å². The van der Waals surface area contributed by atoms with Crippen molar-refractivity contribution in [2.75, 3.05) is 11.4 Å². The monoisotopic (exact) mass is 518 g/mol. The van der Waals surface area contributed by atoms with Crippen LogP contribution in [0.4, 0.5) is 5.69 Å². The zero-order valence-corrected chi connectivity index (χ0v) is 21.4. The summed E-state index contributed by atoms with van der Waals surface area (Å²) < 4.78 is 5.40. The van der Waals surface area contributed by atoms with E-state index in [1.165, 1.54) is 12.2 Å². The summed E-state index contributed by atoms with van der Waals surface area (Å²) in [5.74, 6) is -1.23. The van der Waals surface area contributed by atoms with Gasteiger partial charge in [0.05, 0.1) is 10.2 Å². The number of ketones is 1. The smallest absolute Gasteiger partial charge is 0.338 e. The van der Waals surface area contributed by atoms with E-state index in [9.17, 15) is 19.2 Å². The highest BCUT2D eigenvalue weighted by Crippen LogP contribution is 2.59. The summed E-state index contributed by atoms with van der Waals surface area (Å²) >= 11 is 5.28. The Morgan fingerprint density at radius 2 is 1.86 bits per heavy atom. The van der Waals surface area contributed by atoms with Crippen LogP contribution >= 0.6 is 12.6 Å². The van der Waals surface area contributed by atoms with Gasteiger partial charge in [-0.25, -0.2) is 4.79 Å². The maximum absolute atomic E-state index is 13.3. The number of thiol groups is 1. The second-order valence-corrected chi connectivity index (χ2v) is 11.4. The number of nitrogens with zero attached hydrogens (tertiary/aromatic N) is 2. The van der Waals surface area contributed by atoms with Gasteiger partial charge >= 0.3 is 5.97 Å². The summed E-state index contributed by atoms with van der Waals surface area (Å²) in [5.41, 5.74) is 3.58. The molecule has 4 heterocycles. The van der Waals surface area contributed by atoms with Crippen LogP contribution in [-0.2, 0) is 33.5 Å². The second kappa shape index (κ2) is 8.21. The Hall–Kier alpha value is -3.59. The van der Waals surface area contributed by atoms with Crippen molar-refractivity contribution in [3.63, 3.8) is 0 Å². The lowest BCUT2D eigenvalue weighted by molar-refractivity contribution is -0.204. The summed E-state index contributed by atoms with van der Waals surface area (Å²) in [4.78, 5) is 56.8. The predicted octanol–water partition coefficient (Wildman–Crippen LogP) is 3.66. The van der Waals surface area contributed by atoms with Crippen molar-refractivity contribution in [3.8, 4) is 0 Å². The van der Waals surface area contributed by atoms with Crippen molar-refractivity contribution in [3.05, 3.63) is 76.7 Å². The zero-order chi connectivity index (χ0) is 26.1. The maximum Gasteiger partial charge on any atom is 0.338 e. The van der Waals surface area contributed by atoms with Crippen LogP contribution in [0.15, 0.2) is 71.2 Å². The quantitative estimate of drug-likeness (QED) is 0.480. The number of allylic oxidation sites excluding steroid dienone is 3. The topological polar surface area (TPSA) is 93.2 Å². The van der Waals surface area contributed by atoms with Gasteiger partial charge in [-0.1, -0.05) is 18.2 Å². The lowest BCUT2D eigenvalue weighted by atomic mass is 9.76. The highest BCUT2D eigenvalue weighted by Gasteiger charge is 2.53. The normalized spacial score (nSPS) is 26.2. The molecule has 2 atom stereocenters. The number of carbonyl (C=O) groups is 4. The molecule has 9 heteroatoms. The first-order chi connectivity index (χ1) is 17.6. The molecule has 190 valence electrons.